The van der Waals surface area contributed by atoms with E-state index < -0.39 is 27.1 Å². The van der Waals surface area contributed by atoms with Crippen LogP contribution in [0.25, 0.3) is 0 Å². The lowest BCUT2D eigenvalue weighted by molar-refractivity contribution is 0.0494. The molecular formula is CH4O7S2. The van der Waals surface area contributed by atoms with Gasteiger partial charge in [-0.2, -0.15) is 12.6 Å². The Morgan fingerprint density at radius 1 is 1.50 bits per heavy atom. The van der Waals surface area contributed by atoms with E-state index >= 15 is 0 Å². The monoisotopic (exact) mass is 192 g/mol. The van der Waals surface area contributed by atoms with Gasteiger partial charge in [-0.1, -0.05) is 0 Å². The van der Waals surface area contributed by atoms with Crippen molar-refractivity contribution in [1.82, 2.24) is 0 Å². The Labute approximate surface area is 58.9 Å². The van der Waals surface area contributed by atoms with Gasteiger partial charge >= 0.3 is 27.1 Å². The van der Waals surface area contributed by atoms with Crippen LogP contribution < -0.4 is 0 Å². The molecule has 7 nitrogen and oxygen atoms in total. The largest absolute Gasteiger partial charge is 0.353 e. The minimum atomic E-state index is -4.82. The summed E-state index contributed by atoms with van der Waals surface area (Å²) in [5, 5.41) is 8.14. The quantitative estimate of drug-likeness (QED) is 0.277. The van der Waals surface area contributed by atoms with E-state index in [9.17, 15) is 12.6 Å². The fourth-order valence-electron chi connectivity index (χ4n) is 0.120. The van der Waals surface area contributed by atoms with E-state index in [4.69, 9.17) is 14.2 Å². The molecule has 0 aliphatic carbocycles. The summed E-state index contributed by atoms with van der Waals surface area (Å²) in [7, 11) is -4.82. The van der Waals surface area contributed by atoms with Crippen molar-refractivity contribution in [3.63, 3.8) is 0 Å². The van der Waals surface area contributed by atoms with Gasteiger partial charge in [0.15, 0.2) is 0 Å². The summed E-state index contributed by atoms with van der Waals surface area (Å²) in [6, 6.07) is 0. The van der Waals surface area contributed by atoms with Gasteiger partial charge in [-0.15, -0.1) is 0 Å². The van der Waals surface area contributed by atoms with Gasteiger partial charge in [-0.25, -0.2) is 4.18 Å². The molecule has 0 aliphatic heterocycles. The number of aliphatic hydroxyl groups excluding tert-OH is 1. The fourth-order valence-corrected chi connectivity index (χ4v) is 0.860. The van der Waals surface area contributed by atoms with Crippen LogP contribution in [0.5, 0.6) is 0 Å². The van der Waals surface area contributed by atoms with Gasteiger partial charge < -0.3 is 5.11 Å². The van der Waals surface area contributed by atoms with E-state index in [-0.39, 0.29) is 0 Å². The highest BCUT2D eigenvalue weighted by Gasteiger charge is 2.22. The molecule has 9 heteroatoms. The van der Waals surface area contributed by atoms with E-state index in [1.54, 1.807) is 0 Å². The van der Waals surface area contributed by atoms with Gasteiger partial charge in [-0.05, 0) is 0 Å². The van der Waals surface area contributed by atoms with Crippen molar-refractivity contribution < 1.29 is 31.0 Å². The summed E-state index contributed by atoms with van der Waals surface area (Å²) >= 11 is -2.93. The highest BCUT2D eigenvalue weighted by atomic mass is 32.2. The van der Waals surface area contributed by atoms with Crippen LogP contribution >= 0.6 is 0 Å². The molecule has 0 saturated heterocycles. The van der Waals surface area contributed by atoms with Crippen molar-refractivity contribution in [3.8, 4) is 0 Å². The van der Waals surface area contributed by atoms with Gasteiger partial charge in [0.05, 0.1) is 0 Å². The fraction of sp³-hybridized carbons (Fsp3) is 1.00. The highest BCUT2D eigenvalue weighted by molar-refractivity contribution is 7.86. The van der Waals surface area contributed by atoms with Crippen LogP contribution in [0.15, 0.2) is 0 Å². The number of rotatable bonds is 3. The highest BCUT2D eigenvalue weighted by Crippen LogP contribution is 1.96. The predicted molar refractivity (Wildman–Crippen MR) is 29.4 cm³/mol. The van der Waals surface area contributed by atoms with Crippen molar-refractivity contribution in [2.45, 2.75) is 5.62 Å². The Bertz CT molecular complexity index is 214. The molecule has 0 rings (SSSR count). The van der Waals surface area contributed by atoms with E-state index in [0.717, 1.165) is 0 Å². The summed E-state index contributed by atoms with van der Waals surface area (Å²) in [5.74, 6) is 0. The van der Waals surface area contributed by atoms with Crippen LogP contribution in [0.3, 0.4) is 0 Å². The lowest BCUT2D eigenvalue weighted by Crippen LogP contribution is -2.23. The average molecular weight is 192 g/mol. The topological polar surface area (TPSA) is 121 Å². The number of hydrogen-bond acceptors (Lipinski definition) is 5. The second-order valence-corrected chi connectivity index (χ2v) is 3.20. The lowest BCUT2D eigenvalue weighted by Gasteiger charge is -2.02. The van der Waals surface area contributed by atoms with Gasteiger partial charge in [0.2, 0.25) is 0 Å². The second kappa shape index (κ2) is 3.37. The van der Waals surface area contributed by atoms with Gasteiger partial charge in [0, 0.05) is 0 Å². The van der Waals surface area contributed by atoms with Crippen molar-refractivity contribution >= 4 is 21.5 Å². The Hall–Kier alpha value is -0.0600. The Kier molecular flexibility index (Phi) is 3.35. The zero-order valence-corrected chi connectivity index (χ0v) is 6.00. The molecule has 0 heterocycles. The Morgan fingerprint density at radius 2 is 1.90 bits per heavy atom. The molecular weight excluding hydrogens is 188 g/mol. The SMILES string of the molecule is O=S(O)OC(O)S(=O)(=O)O. The molecule has 0 spiro atoms. The van der Waals surface area contributed by atoms with Crippen LogP contribution in [0.1, 0.15) is 0 Å². The zero-order chi connectivity index (χ0) is 8.36. The molecule has 2 unspecified atom stereocenters. The summed E-state index contributed by atoms with van der Waals surface area (Å²) in [4.78, 5) is 0. The third-order valence-electron chi connectivity index (χ3n) is 0.419. The molecule has 0 aromatic carbocycles. The first-order valence-corrected chi connectivity index (χ1v) is 4.30. The molecule has 0 aromatic rings. The van der Waals surface area contributed by atoms with Gasteiger partial charge in [-0.3, -0.25) is 9.11 Å². The van der Waals surface area contributed by atoms with Crippen LogP contribution in [0.2, 0.25) is 0 Å². The van der Waals surface area contributed by atoms with Crippen molar-refractivity contribution in [2.24, 2.45) is 0 Å². The summed E-state index contributed by atoms with van der Waals surface area (Å²) in [6.45, 7) is 0. The summed E-state index contributed by atoms with van der Waals surface area (Å²) < 4.78 is 48.3. The maximum Gasteiger partial charge on any atom is 0.319 e. The molecule has 10 heavy (non-hydrogen) atoms. The van der Waals surface area contributed by atoms with Crippen molar-refractivity contribution in [2.75, 3.05) is 0 Å². The molecule has 0 amide bonds. The first-order valence-electron chi connectivity index (χ1n) is 1.76. The number of aliphatic hydroxyl groups is 1. The summed E-state index contributed by atoms with van der Waals surface area (Å²) in [6.07, 6.45) is 0. The minimum absolute atomic E-state index is 2.68. The van der Waals surface area contributed by atoms with Crippen LogP contribution in [0.4, 0.5) is 0 Å². The first-order chi connectivity index (χ1) is 4.34. The number of hydrogen-bond donors (Lipinski definition) is 3. The smallest absolute Gasteiger partial charge is 0.319 e. The maximum absolute atomic E-state index is 9.80. The third-order valence-corrected chi connectivity index (χ3v) is 1.49. The Balaban J connectivity index is 4.12. The molecule has 0 fully saturated rings. The molecule has 0 bridgehead atoms. The lowest BCUT2D eigenvalue weighted by atomic mass is 11.5. The molecule has 0 aromatic heterocycles. The zero-order valence-electron chi connectivity index (χ0n) is 4.37. The van der Waals surface area contributed by atoms with Crippen molar-refractivity contribution in [3.05, 3.63) is 0 Å². The molecule has 2 atom stereocenters. The third kappa shape index (κ3) is 3.87. The van der Waals surface area contributed by atoms with Crippen molar-refractivity contribution in [1.29, 1.82) is 0 Å². The Morgan fingerprint density at radius 3 is 2.00 bits per heavy atom. The molecule has 0 aliphatic rings. The van der Waals surface area contributed by atoms with E-state index in [1.165, 1.54) is 0 Å². The van der Waals surface area contributed by atoms with E-state index in [2.05, 4.69) is 4.18 Å². The van der Waals surface area contributed by atoms with Gasteiger partial charge in [0.25, 0.3) is 0 Å². The minimum Gasteiger partial charge on any atom is -0.353 e. The molecule has 62 valence electrons. The average Bonchev–Trinajstić information content (AvgIpc) is 1.60. The molecule has 0 radical (unpaired) electrons. The first kappa shape index (κ1) is 9.94. The van der Waals surface area contributed by atoms with Crippen LogP contribution in [-0.4, -0.2) is 32.5 Å². The predicted octanol–water partition coefficient (Wildman–Crippen LogP) is -1.70. The molecule has 0 saturated carbocycles. The molecule has 3 N–H and O–H groups in total. The van der Waals surface area contributed by atoms with Gasteiger partial charge in [0.1, 0.15) is 0 Å². The normalized spacial score (nSPS) is 18.3. The van der Waals surface area contributed by atoms with Crippen LogP contribution in [0, 0.1) is 0 Å². The van der Waals surface area contributed by atoms with Crippen LogP contribution in [-0.2, 0) is 25.7 Å². The standard InChI is InChI=1S/CH4O7S2/c2-1(8-9(3)4)10(5,6)7/h1-2H,(H,3,4)(H,5,6,7). The summed E-state index contributed by atoms with van der Waals surface area (Å²) in [5.41, 5.74) is -2.68. The second-order valence-electron chi connectivity index (χ2n) is 1.14. The van der Waals surface area contributed by atoms with E-state index in [1.807, 2.05) is 0 Å². The van der Waals surface area contributed by atoms with E-state index in [0.29, 0.717) is 0 Å². The maximum atomic E-state index is 9.80.